The molecule has 0 aliphatic heterocycles. The van der Waals surface area contributed by atoms with Crippen LogP contribution in [-0.4, -0.2) is 25.9 Å². The Labute approximate surface area is 196 Å². The molecule has 0 spiro atoms. The summed E-state index contributed by atoms with van der Waals surface area (Å²) in [6.07, 6.45) is 0. The zero-order valence-corrected chi connectivity index (χ0v) is 19.3. The number of hydrogen-bond donors (Lipinski definition) is 2. The van der Waals surface area contributed by atoms with E-state index < -0.39 is 0 Å². The van der Waals surface area contributed by atoms with E-state index in [1.54, 1.807) is 6.07 Å². The summed E-state index contributed by atoms with van der Waals surface area (Å²) >= 11 is 0. The number of ether oxygens (including phenoxy) is 2. The summed E-state index contributed by atoms with van der Waals surface area (Å²) in [6.45, 7) is 4.36. The second-order valence-corrected chi connectivity index (χ2v) is 8.77. The molecule has 2 N–H and O–H groups in total. The van der Waals surface area contributed by atoms with Gasteiger partial charge in [0.05, 0.1) is 0 Å². The Morgan fingerprint density at radius 1 is 0.545 bits per heavy atom. The molecule has 4 aromatic rings. The average Bonchev–Trinajstić information content (AvgIpc) is 2.80. The lowest BCUT2D eigenvalue weighted by molar-refractivity contribution is 0.398. The highest BCUT2D eigenvalue weighted by Crippen LogP contribution is 2.35. The van der Waals surface area contributed by atoms with Gasteiger partial charge in [0.15, 0.2) is 11.5 Å². The monoisotopic (exact) mass is 436 g/mol. The Hall–Kier alpha value is -3.79. The van der Waals surface area contributed by atoms with E-state index in [0.29, 0.717) is 11.5 Å². The zero-order chi connectivity index (χ0) is 23.6. The topological polar surface area (TPSA) is 58.9 Å². The first-order valence-electron chi connectivity index (χ1n) is 10.9. The summed E-state index contributed by atoms with van der Waals surface area (Å²) in [6, 6.07) is 26.6. The minimum absolute atomic E-state index is 0.176. The maximum Gasteiger partial charge on any atom is 0.161 e. The predicted molar refractivity (Wildman–Crippen MR) is 138 cm³/mol. The lowest BCUT2D eigenvalue weighted by Gasteiger charge is -2.26. The first-order valence-corrected chi connectivity index (χ1v) is 10.9. The van der Waals surface area contributed by atoms with Crippen molar-refractivity contribution in [3.8, 4) is 34.5 Å². The fourth-order valence-corrected chi connectivity index (χ4v) is 3.66. The fourth-order valence-electron chi connectivity index (χ4n) is 3.66. The number of phenols is 2. The van der Waals surface area contributed by atoms with Crippen molar-refractivity contribution in [1.29, 1.82) is 0 Å². The van der Waals surface area contributed by atoms with Crippen LogP contribution in [0.5, 0.6) is 34.5 Å². The van der Waals surface area contributed by atoms with Crippen LogP contribution >= 0.6 is 0 Å². The third-order valence-electron chi connectivity index (χ3n) is 6.05. The highest BCUT2D eigenvalue weighted by Gasteiger charge is 2.23. The van der Waals surface area contributed by atoms with E-state index in [-0.39, 0.29) is 16.9 Å². The van der Waals surface area contributed by atoms with Crippen molar-refractivity contribution < 1.29 is 19.7 Å². The maximum atomic E-state index is 9.64. The van der Waals surface area contributed by atoms with Crippen LogP contribution in [-0.2, 0) is 5.41 Å². The van der Waals surface area contributed by atoms with E-state index in [4.69, 9.17) is 9.47 Å². The number of rotatable bonds is 6. The van der Waals surface area contributed by atoms with Crippen LogP contribution < -0.4 is 20.4 Å². The summed E-state index contributed by atoms with van der Waals surface area (Å²) in [5.41, 5.74) is 4.56. The van der Waals surface area contributed by atoms with Gasteiger partial charge in [0.2, 0.25) is 0 Å². The van der Waals surface area contributed by atoms with Crippen molar-refractivity contribution >= 4 is 26.6 Å². The van der Waals surface area contributed by atoms with Crippen LogP contribution in [0.15, 0.2) is 84.9 Å². The molecule has 4 rings (SSSR count). The molecule has 0 atom stereocenters. The van der Waals surface area contributed by atoms with Gasteiger partial charge in [-0.05, 0) is 59.7 Å². The molecule has 0 fully saturated rings. The van der Waals surface area contributed by atoms with Crippen molar-refractivity contribution in [2.45, 2.75) is 19.3 Å². The van der Waals surface area contributed by atoms with Crippen molar-refractivity contribution in [2.24, 2.45) is 0 Å². The Kier molecular flexibility index (Phi) is 6.10. The number of benzene rings is 4. The lowest BCUT2D eigenvalue weighted by Crippen LogP contribution is -2.24. The molecule has 0 unspecified atom stereocenters. The molecule has 0 aliphatic rings. The Bertz CT molecular complexity index is 1170. The summed E-state index contributed by atoms with van der Waals surface area (Å²) in [4.78, 5) is 0. The molecule has 0 radical (unpaired) electrons. The molecule has 6 heteroatoms. The van der Waals surface area contributed by atoms with Gasteiger partial charge in [0.25, 0.3) is 0 Å². The van der Waals surface area contributed by atoms with E-state index in [0.717, 1.165) is 17.1 Å². The average molecular weight is 436 g/mol. The number of hydrogen-bond acceptors (Lipinski definition) is 4. The van der Waals surface area contributed by atoms with E-state index in [1.807, 2.05) is 42.5 Å². The van der Waals surface area contributed by atoms with Crippen molar-refractivity contribution in [2.75, 3.05) is 0 Å². The van der Waals surface area contributed by atoms with E-state index in [1.165, 1.54) is 28.6 Å². The van der Waals surface area contributed by atoms with Gasteiger partial charge in [0.1, 0.15) is 38.7 Å². The fraction of sp³-hybridized carbons (Fsp3) is 0.111. The third-order valence-corrected chi connectivity index (χ3v) is 6.05. The summed E-state index contributed by atoms with van der Waals surface area (Å²) in [7, 11) is 4.17. The van der Waals surface area contributed by atoms with Gasteiger partial charge >= 0.3 is 0 Å². The van der Waals surface area contributed by atoms with Gasteiger partial charge in [-0.3, -0.25) is 0 Å². The van der Waals surface area contributed by atoms with Crippen molar-refractivity contribution in [1.82, 2.24) is 0 Å². The summed E-state index contributed by atoms with van der Waals surface area (Å²) in [5.74, 6) is 2.36. The standard InChI is InChI=1S/C27H26B2O4/c1-27(2,17-3-7-19(8-4-17)32-21-11-13-23(28)24(29)15-21)18-5-9-20(10-6-18)33-22-12-14-25(30)26(31)16-22/h3-16,30-31H,28-29H2,1-2H3. The van der Waals surface area contributed by atoms with Crippen LogP contribution in [0.1, 0.15) is 25.0 Å². The van der Waals surface area contributed by atoms with Gasteiger partial charge in [-0.1, -0.05) is 55.1 Å². The molecule has 0 saturated heterocycles. The molecule has 0 bridgehead atoms. The maximum absolute atomic E-state index is 9.64. The molecule has 164 valence electrons. The second-order valence-electron chi connectivity index (χ2n) is 8.77. The van der Waals surface area contributed by atoms with Gasteiger partial charge in [0, 0.05) is 11.5 Å². The van der Waals surface area contributed by atoms with E-state index >= 15 is 0 Å². The number of aromatic hydroxyl groups is 2. The predicted octanol–water partition coefficient (Wildman–Crippen LogP) is 3.53. The molecule has 0 amide bonds. The molecule has 33 heavy (non-hydrogen) atoms. The van der Waals surface area contributed by atoms with Gasteiger partial charge in [-0.25, -0.2) is 0 Å². The minimum Gasteiger partial charge on any atom is -0.504 e. The van der Waals surface area contributed by atoms with Crippen LogP contribution in [0.25, 0.3) is 0 Å². The third kappa shape index (κ3) is 5.01. The Morgan fingerprint density at radius 2 is 1.00 bits per heavy atom. The first kappa shape index (κ1) is 22.4. The van der Waals surface area contributed by atoms with Crippen molar-refractivity contribution in [3.63, 3.8) is 0 Å². The van der Waals surface area contributed by atoms with Gasteiger partial charge < -0.3 is 19.7 Å². The molecule has 0 heterocycles. The second kappa shape index (κ2) is 8.99. The van der Waals surface area contributed by atoms with E-state index in [9.17, 15) is 10.2 Å². The molecular weight excluding hydrogens is 410 g/mol. The van der Waals surface area contributed by atoms with E-state index in [2.05, 4.69) is 53.8 Å². The number of phenolic OH excluding ortho intramolecular Hbond substituents is 2. The molecular formula is C27H26B2O4. The Balaban J connectivity index is 1.47. The van der Waals surface area contributed by atoms with Crippen LogP contribution in [0.2, 0.25) is 0 Å². The normalized spacial score (nSPS) is 11.2. The highest BCUT2D eigenvalue weighted by atomic mass is 16.5. The Morgan fingerprint density at radius 3 is 1.48 bits per heavy atom. The summed E-state index contributed by atoms with van der Waals surface area (Å²) < 4.78 is 11.8. The van der Waals surface area contributed by atoms with Crippen LogP contribution in [0, 0.1) is 0 Å². The van der Waals surface area contributed by atoms with Gasteiger partial charge in [-0.15, -0.1) is 0 Å². The molecule has 4 aromatic carbocycles. The highest BCUT2D eigenvalue weighted by molar-refractivity contribution is 6.48. The first-order chi connectivity index (χ1) is 15.7. The molecule has 4 nitrogen and oxygen atoms in total. The quantitative estimate of drug-likeness (QED) is 0.359. The minimum atomic E-state index is -0.214. The van der Waals surface area contributed by atoms with Crippen molar-refractivity contribution in [3.05, 3.63) is 96.1 Å². The summed E-state index contributed by atoms with van der Waals surface area (Å²) in [5, 5.41) is 19.1. The molecule has 0 saturated carbocycles. The molecule has 0 aromatic heterocycles. The van der Waals surface area contributed by atoms with Crippen LogP contribution in [0.3, 0.4) is 0 Å². The largest absolute Gasteiger partial charge is 0.504 e. The molecule has 0 aliphatic carbocycles. The SMILES string of the molecule is Bc1ccc(Oc2ccc(C(C)(C)c3ccc(Oc4ccc(O)c(O)c4)cc3)cc2)cc1B. The lowest BCUT2D eigenvalue weighted by atomic mass is 9.78. The smallest absolute Gasteiger partial charge is 0.161 e. The zero-order valence-electron chi connectivity index (χ0n) is 19.3. The van der Waals surface area contributed by atoms with Crippen LogP contribution in [0.4, 0.5) is 0 Å². The van der Waals surface area contributed by atoms with Gasteiger partial charge in [-0.2, -0.15) is 0 Å².